The Kier molecular flexibility index (Phi) is 3.34. The molecule has 8 heteroatoms. The Bertz CT molecular complexity index is 667. The van der Waals surface area contributed by atoms with Gasteiger partial charge in [0.2, 0.25) is 5.96 Å². The summed E-state index contributed by atoms with van der Waals surface area (Å²) in [4.78, 5) is 12.0. The summed E-state index contributed by atoms with van der Waals surface area (Å²) >= 11 is 0. The molecular weight excluding hydrogens is 246 g/mol. The van der Waals surface area contributed by atoms with E-state index in [9.17, 15) is 0 Å². The number of aryl methyl sites for hydroxylation is 1. The van der Waals surface area contributed by atoms with Crippen LogP contribution >= 0.6 is 0 Å². The van der Waals surface area contributed by atoms with Gasteiger partial charge in [-0.15, -0.1) is 0 Å². The van der Waals surface area contributed by atoms with Gasteiger partial charge in [-0.2, -0.15) is 4.99 Å². The number of fused-ring (bicyclic) bond motifs is 1. The normalized spacial score (nSPS) is 11.8. The maximum Gasteiger partial charge on any atom is 0.223 e. The lowest BCUT2D eigenvalue weighted by atomic mass is 10.3. The molecule has 0 bridgehead atoms. The maximum absolute atomic E-state index is 9.16. The van der Waals surface area contributed by atoms with Crippen LogP contribution in [0, 0.1) is 0 Å². The highest BCUT2D eigenvalue weighted by atomic mass is 16.3. The molecule has 7 N–H and O–H groups in total. The highest BCUT2D eigenvalue weighted by Crippen LogP contribution is 2.21. The minimum Gasteiger partial charge on any atom is -0.388 e. The van der Waals surface area contributed by atoms with Crippen molar-refractivity contribution >= 4 is 28.6 Å². The van der Waals surface area contributed by atoms with Crippen LogP contribution in [0.3, 0.4) is 0 Å². The van der Waals surface area contributed by atoms with E-state index in [0.717, 1.165) is 5.52 Å². The average Bonchev–Trinajstić information content (AvgIpc) is 2.64. The Hall–Kier alpha value is -2.61. The van der Waals surface area contributed by atoms with Crippen molar-refractivity contribution in [2.45, 2.75) is 6.61 Å². The molecule has 1 heterocycles. The highest BCUT2D eigenvalue weighted by molar-refractivity contribution is 5.94. The molecule has 0 spiro atoms. The molecule has 1 aromatic carbocycles. The SMILES string of the molecule is Cn1c(CO)nc2cc(N=C(N)N=C(N)N)ccc21. The number of guanidine groups is 2. The predicted molar refractivity (Wildman–Crippen MR) is 73.7 cm³/mol. The fourth-order valence-corrected chi connectivity index (χ4v) is 1.74. The van der Waals surface area contributed by atoms with Gasteiger partial charge in [0.05, 0.1) is 16.7 Å². The Morgan fingerprint density at radius 1 is 1.37 bits per heavy atom. The van der Waals surface area contributed by atoms with Crippen molar-refractivity contribution in [3.05, 3.63) is 24.0 Å². The topological polar surface area (TPSA) is 141 Å². The summed E-state index contributed by atoms with van der Waals surface area (Å²) in [6.07, 6.45) is 0. The molecule has 0 aliphatic rings. The van der Waals surface area contributed by atoms with Crippen molar-refractivity contribution in [3.63, 3.8) is 0 Å². The van der Waals surface area contributed by atoms with Crippen molar-refractivity contribution in [2.75, 3.05) is 0 Å². The summed E-state index contributed by atoms with van der Waals surface area (Å²) in [5.41, 5.74) is 18.1. The third kappa shape index (κ3) is 2.63. The number of nitrogens with two attached hydrogens (primary N) is 3. The van der Waals surface area contributed by atoms with E-state index in [4.69, 9.17) is 22.3 Å². The number of rotatable bonds is 2. The number of aliphatic hydroxyl groups excluding tert-OH is 1. The Labute approximate surface area is 109 Å². The van der Waals surface area contributed by atoms with E-state index < -0.39 is 0 Å². The second-order valence-corrected chi connectivity index (χ2v) is 3.92. The molecule has 0 aliphatic carbocycles. The van der Waals surface area contributed by atoms with E-state index in [1.165, 1.54) is 0 Å². The van der Waals surface area contributed by atoms with Gasteiger partial charge >= 0.3 is 0 Å². The summed E-state index contributed by atoms with van der Waals surface area (Å²) < 4.78 is 1.81. The summed E-state index contributed by atoms with van der Waals surface area (Å²) in [6, 6.07) is 5.34. The molecule has 8 nitrogen and oxygen atoms in total. The minimum atomic E-state index is -0.150. The quantitative estimate of drug-likeness (QED) is 0.417. The molecule has 0 fully saturated rings. The van der Waals surface area contributed by atoms with Gasteiger partial charge in [-0.05, 0) is 18.2 Å². The third-order valence-corrected chi connectivity index (χ3v) is 2.59. The summed E-state index contributed by atoms with van der Waals surface area (Å²) in [6.45, 7) is -0.125. The number of aromatic nitrogens is 2. The molecule has 0 aliphatic heterocycles. The third-order valence-electron chi connectivity index (χ3n) is 2.59. The van der Waals surface area contributed by atoms with Crippen LogP contribution in [-0.4, -0.2) is 26.6 Å². The van der Waals surface area contributed by atoms with Crippen LogP contribution in [0.1, 0.15) is 5.82 Å². The van der Waals surface area contributed by atoms with Gasteiger partial charge in [0, 0.05) is 7.05 Å². The first-order chi connectivity index (χ1) is 9.01. The fourth-order valence-electron chi connectivity index (χ4n) is 1.74. The first kappa shape index (κ1) is 12.8. The van der Waals surface area contributed by atoms with E-state index in [-0.39, 0.29) is 18.5 Å². The van der Waals surface area contributed by atoms with Crippen LogP contribution < -0.4 is 17.2 Å². The van der Waals surface area contributed by atoms with Gasteiger partial charge in [-0.1, -0.05) is 0 Å². The fraction of sp³-hybridized carbons (Fsp3) is 0.182. The second-order valence-electron chi connectivity index (χ2n) is 3.92. The van der Waals surface area contributed by atoms with E-state index >= 15 is 0 Å². The molecular formula is C11H15N7O. The zero-order valence-electron chi connectivity index (χ0n) is 10.4. The lowest BCUT2D eigenvalue weighted by Crippen LogP contribution is -2.26. The molecule has 0 atom stereocenters. The van der Waals surface area contributed by atoms with Crippen LogP contribution in [0.25, 0.3) is 11.0 Å². The number of hydrogen-bond acceptors (Lipinski definition) is 3. The Balaban J connectivity index is 2.45. The predicted octanol–water partition coefficient (Wildman–Crippen LogP) is -0.715. The monoisotopic (exact) mass is 261 g/mol. The molecule has 0 unspecified atom stereocenters. The smallest absolute Gasteiger partial charge is 0.223 e. The molecule has 100 valence electrons. The molecule has 2 aromatic rings. The van der Waals surface area contributed by atoms with Gasteiger partial charge in [0.15, 0.2) is 5.96 Å². The van der Waals surface area contributed by atoms with Crippen LogP contribution in [0.5, 0.6) is 0 Å². The van der Waals surface area contributed by atoms with Gasteiger partial charge in [0.1, 0.15) is 12.4 Å². The van der Waals surface area contributed by atoms with Crippen molar-refractivity contribution in [1.29, 1.82) is 0 Å². The van der Waals surface area contributed by atoms with Crippen molar-refractivity contribution in [3.8, 4) is 0 Å². The molecule has 0 saturated carbocycles. The van der Waals surface area contributed by atoms with Crippen LogP contribution in [0.4, 0.5) is 5.69 Å². The van der Waals surface area contributed by atoms with E-state index in [1.54, 1.807) is 12.1 Å². The summed E-state index contributed by atoms with van der Waals surface area (Å²) in [5, 5.41) is 9.16. The average molecular weight is 261 g/mol. The van der Waals surface area contributed by atoms with Gasteiger partial charge in [0.25, 0.3) is 0 Å². The van der Waals surface area contributed by atoms with Gasteiger partial charge in [-0.25, -0.2) is 9.98 Å². The summed E-state index contributed by atoms with van der Waals surface area (Å²) in [5.74, 6) is 0.397. The lowest BCUT2D eigenvalue weighted by Gasteiger charge is -1.98. The molecule has 2 rings (SSSR count). The van der Waals surface area contributed by atoms with Gasteiger partial charge < -0.3 is 26.9 Å². The van der Waals surface area contributed by atoms with E-state index in [0.29, 0.717) is 17.0 Å². The highest BCUT2D eigenvalue weighted by Gasteiger charge is 2.07. The van der Waals surface area contributed by atoms with Crippen molar-refractivity contribution < 1.29 is 5.11 Å². The lowest BCUT2D eigenvalue weighted by molar-refractivity contribution is 0.268. The second kappa shape index (κ2) is 4.94. The van der Waals surface area contributed by atoms with Crippen LogP contribution in [0.15, 0.2) is 28.2 Å². The number of hydrogen-bond donors (Lipinski definition) is 4. The standard InChI is InChI=1S/C11H15N7O/c1-18-8-3-2-6(15-11(14)17-10(12)13)4-7(8)16-9(18)5-19/h2-4,19H,5H2,1H3,(H6,12,13,14,15,17). The van der Waals surface area contributed by atoms with E-state index in [2.05, 4.69) is 15.0 Å². The first-order valence-electron chi connectivity index (χ1n) is 5.51. The first-order valence-corrected chi connectivity index (χ1v) is 5.51. The molecule has 1 aromatic heterocycles. The maximum atomic E-state index is 9.16. The minimum absolute atomic E-state index is 0.0299. The molecule has 0 radical (unpaired) electrons. The number of aliphatic hydroxyl groups is 1. The molecule has 0 saturated heterocycles. The van der Waals surface area contributed by atoms with Crippen LogP contribution in [-0.2, 0) is 13.7 Å². The molecule has 0 amide bonds. The number of imidazole rings is 1. The molecule has 19 heavy (non-hydrogen) atoms. The zero-order chi connectivity index (χ0) is 14.0. The van der Waals surface area contributed by atoms with E-state index in [1.807, 2.05) is 17.7 Å². The Morgan fingerprint density at radius 2 is 2.11 bits per heavy atom. The van der Waals surface area contributed by atoms with Crippen molar-refractivity contribution in [1.82, 2.24) is 9.55 Å². The summed E-state index contributed by atoms with van der Waals surface area (Å²) in [7, 11) is 1.83. The largest absolute Gasteiger partial charge is 0.388 e. The number of benzene rings is 1. The zero-order valence-corrected chi connectivity index (χ0v) is 10.4. The van der Waals surface area contributed by atoms with Gasteiger partial charge in [-0.3, -0.25) is 0 Å². The van der Waals surface area contributed by atoms with Crippen molar-refractivity contribution in [2.24, 2.45) is 34.2 Å². The number of aliphatic imine (C=N–C) groups is 2. The number of nitrogens with zero attached hydrogens (tertiary/aromatic N) is 4. The van der Waals surface area contributed by atoms with Crippen LogP contribution in [0.2, 0.25) is 0 Å². The Morgan fingerprint density at radius 3 is 2.74 bits per heavy atom.